The molecule has 5 heteroatoms. The van der Waals surface area contributed by atoms with E-state index in [1.165, 1.54) is 94.9 Å². The molecule has 9 aromatic rings. The summed E-state index contributed by atoms with van der Waals surface area (Å²) in [6, 6.07) is 54.6. The fraction of sp³-hybridized carbons (Fsp3) is 0.154. The number of furan rings is 1. The van der Waals surface area contributed by atoms with Gasteiger partial charge in [0.15, 0.2) is 5.58 Å². The zero-order chi connectivity index (χ0) is 38.0. The van der Waals surface area contributed by atoms with Crippen molar-refractivity contribution in [2.45, 2.75) is 51.9 Å². The molecule has 12 rings (SSSR count). The van der Waals surface area contributed by atoms with Crippen molar-refractivity contribution in [3.05, 3.63) is 162 Å². The first-order valence-corrected chi connectivity index (χ1v) is 21.2. The van der Waals surface area contributed by atoms with Crippen LogP contribution in [0.4, 0.5) is 34.1 Å². The van der Waals surface area contributed by atoms with E-state index in [4.69, 9.17) is 4.42 Å². The maximum atomic E-state index is 6.81. The van der Waals surface area contributed by atoms with Gasteiger partial charge in [-0.05, 0) is 124 Å². The van der Waals surface area contributed by atoms with E-state index < -0.39 is 0 Å². The lowest BCUT2D eigenvalue weighted by Crippen LogP contribution is -2.60. The van der Waals surface area contributed by atoms with Gasteiger partial charge < -0.3 is 14.2 Å². The van der Waals surface area contributed by atoms with E-state index >= 15 is 0 Å². The predicted octanol–water partition coefficient (Wildman–Crippen LogP) is 12.7. The van der Waals surface area contributed by atoms with Crippen LogP contribution in [-0.2, 0) is 18.3 Å². The molecule has 0 atom stereocenters. The molecule has 0 saturated heterocycles. The number of thiophene rings is 1. The smallest absolute Gasteiger partial charge is 0.264 e. The van der Waals surface area contributed by atoms with Crippen molar-refractivity contribution in [3.8, 4) is 11.1 Å². The van der Waals surface area contributed by atoms with Crippen molar-refractivity contribution in [1.82, 2.24) is 0 Å². The third-order valence-electron chi connectivity index (χ3n) is 12.8. The van der Waals surface area contributed by atoms with E-state index in [9.17, 15) is 0 Å². The number of benzene rings is 7. The normalized spacial score (nSPS) is 14.5. The molecule has 0 bridgehead atoms. The maximum Gasteiger partial charge on any atom is 0.264 e. The molecule has 1 aliphatic carbocycles. The largest absolute Gasteiger partial charge is 0.454 e. The summed E-state index contributed by atoms with van der Waals surface area (Å²) in [6.07, 6.45) is 4.82. The number of nitrogens with zero attached hydrogens (tertiary/aromatic N) is 2. The van der Waals surface area contributed by atoms with Gasteiger partial charge in [-0.1, -0.05) is 112 Å². The monoisotopic (exact) mass is 752 g/mol. The van der Waals surface area contributed by atoms with Gasteiger partial charge in [-0.15, -0.1) is 11.3 Å². The third-order valence-corrected chi connectivity index (χ3v) is 14.0. The first-order chi connectivity index (χ1) is 27.9. The number of para-hydroxylation sites is 3. The van der Waals surface area contributed by atoms with Crippen molar-refractivity contribution in [2.24, 2.45) is 0 Å². The highest BCUT2D eigenvalue weighted by Crippen LogP contribution is 2.51. The molecule has 2 aromatic heterocycles. The van der Waals surface area contributed by atoms with Gasteiger partial charge in [0.2, 0.25) is 0 Å². The Labute approximate surface area is 337 Å². The number of aryl methyl sites for hydroxylation is 2. The average molecular weight is 753 g/mol. The summed E-state index contributed by atoms with van der Waals surface area (Å²) in [5, 5.41) is 3.61. The molecule has 7 aromatic carbocycles. The van der Waals surface area contributed by atoms with Gasteiger partial charge in [-0.3, -0.25) is 0 Å². The van der Waals surface area contributed by atoms with Crippen molar-refractivity contribution < 1.29 is 4.42 Å². The van der Waals surface area contributed by atoms with Crippen LogP contribution in [0, 0.1) is 0 Å². The molecule has 0 unspecified atom stereocenters. The molecule has 2 aliphatic heterocycles. The van der Waals surface area contributed by atoms with E-state index in [-0.39, 0.29) is 12.1 Å². The van der Waals surface area contributed by atoms with Gasteiger partial charge in [0.1, 0.15) is 5.58 Å². The van der Waals surface area contributed by atoms with Crippen LogP contribution in [0.15, 0.2) is 150 Å². The molecule has 57 heavy (non-hydrogen) atoms. The zero-order valence-electron chi connectivity index (χ0n) is 32.5. The fourth-order valence-corrected chi connectivity index (χ4v) is 11.3. The van der Waals surface area contributed by atoms with Crippen molar-refractivity contribution in [2.75, 3.05) is 9.80 Å². The number of hydrogen-bond donors (Lipinski definition) is 0. The first-order valence-electron chi connectivity index (χ1n) is 20.4. The van der Waals surface area contributed by atoms with Crippen LogP contribution in [0.25, 0.3) is 43.2 Å². The lowest BCUT2D eigenvalue weighted by molar-refractivity contribution is 0.591. The van der Waals surface area contributed by atoms with Gasteiger partial charge in [0, 0.05) is 48.4 Å². The molecule has 0 radical (unpaired) electrons. The van der Waals surface area contributed by atoms with Crippen LogP contribution in [0.3, 0.4) is 0 Å². The summed E-state index contributed by atoms with van der Waals surface area (Å²) in [5.41, 5.74) is 18.5. The number of hydrogen-bond acceptors (Lipinski definition) is 4. The summed E-state index contributed by atoms with van der Waals surface area (Å²) in [4.78, 5) is 5.15. The van der Waals surface area contributed by atoms with E-state index in [0.717, 1.165) is 40.5 Å². The average Bonchev–Trinajstić information content (AvgIpc) is 3.82. The summed E-state index contributed by atoms with van der Waals surface area (Å²) in [5.74, 6) is 0. The molecular weight excluding hydrogens is 711 g/mol. The van der Waals surface area contributed by atoms with Gasteiger partial charge in [-0.2, -0.15) is 0 Å². The topological polar surface area (TPSA) is 19.6 Å². The molecule has 0 N–H and O–H groups in total. The molecule has 3 aliphatic rings. The Hall–Kier alpha value is -6.04. The summed E-state index contributed by atoms with van der Waals surface area (Å²) in [7, 11) is 0. The Kier molecular flexibility index (Phi) is 7.11. The van der Waals surface area contributed by atoms with E-state index in [1.54, 1.807) is 0 Å². The second kappa shape index (κ2) is 12.2. The minimum atomic E-state index is 0.0233. The van der Waals surface area contributed by atoms with Crippen LogP contribution < -0.4 is 25.5 Å². The highest BCUT2D eigenvalue weighted by molar-refractivity contribution is 7.33. The van der Waals surface area contributed by atoms with E-state index in [1.807, 2.05) is 11.3 Å². The van der Waals surface area contributed by atoms with Crippen LogP contribution in [0.2, 0.25) is 0 Å². The number of rotatable bonds is 3. The first kappa shape index (κ1) is 33.1. The third kappa shape index (κ3) is 4.91. The van der Waals surface area contributed by atoms with Crippen molar-refractivity contribution >= 4 is 99.9 Å². The van der Waals surface area contributed by atoms with E-state index in [0.29, 0.717) is 0 Å². The fourth-order valence-electron chi connectivity index (χ4n) is 9.99. The molecule has 0 amide bonds. The SMILES string of the molecule is CC(C)(C)c1ccc2sc3c(c2c1)N(c1ccc2c(c1)CCCC2)c1cc(-c2ccccc2)cc2c1B3c1ccccc1N2c1cccc2c1oc1ccccc12. The Morgan fingerprint density at radius 3 is 2.18 bits per heavy atom. The van der Waals surface area contributed by atoms with Crippen LogP contribution in [-0.4, -0.2) is 6.71 Å². The maximum absolute atomic E-state index is 6.81. The van der Waals surface area contributed by atoms with Gasteiger partial charge in [-0.25, -0.2) is 0 Å². The molecule has 0 spiro atoms. The van der Waals surface area contributed by atoms with Gasteiger partial charge >= 0.3 is 0 Å². The zero-order valence-corrected chi connectivity index (χ0v) is 33.3. The van der Waals surface area contributed by atoms with Crippen molar-refractivity contribution in [3.63, 3.8) is 0 Å². The molecule has 3 nitrogen and oxygen atoms in total. The molecule has 0 saturated carbocycles. The van der Waals surface area contributed by atoms with Crippen LogP contribution in [0.5, 0.6) is 0 Å². The quantitative estimate of drug-likeness (QED) is 0.168. The minimum Gasteiger partial charge on any atom is -0.454 e. The van der Waals surface area contributed by atoms with Crippen LogP contribution >= 0.6 is 11.3 Å². The highest BCUT2D eigenvalue weighted by Gasteiger charge is 2.46. The minimum absolute atomic E-state index is 0.0233. The standard InChI is InChI=1S/C52H41BN2OS/c1-52(2,3)36-25-27-47-40(31-36)49-51(57-47)53-41-20-10-11-21-42(41)55(43-22-13-19-39-38-18-9-12-23-46(38)56-50(39)43)45-30-35(32-14-5-4-6-15-32)29-44(48(45)53)54(49)37-26-24-33-16-7-8-17-34(33)28-37/h4-6,9-15,18-31H,7-8,16-17H2,1-3H3. The predicted molar refractivity (Wildman–Crippen MR) is 244 cm³/mol. The lowest BCUT2D eigenvalue weighted by atomic mass is 9.36. The van der Waals surface area contributed by atoms with Crippen molar-refractivity contribution in [1.29, 1.82) is 0 Å². The van der Waals surface area contributed by atoms with E-state index in [2.05, 4.69) is 176 Å². The van der Waals surface area contributed by atoms with Gasteiger partial charge in [0.25, 0.3) is 6.71 Å². The molecular formula is C52H41BN2OS. The lowest BCUT2D eigenvalue weighted by Gasteiger charge is -2.43. The van der Waals surface area contributed by atoms with Gasteiger partial charge in [0.05, 0.1) is 11.4 Å². The number of anilines is 6. The second-order valence-electron chi connectivity index (χ2n) is 17.1. The summed E-state index contributed by atoms with van der Waals surface area (Å²) >= 11 is 1.97. The Morgan fingerprint density at radius 2 is 1.32 bits per heavy atom. The van der Waals surface area contributed by atoms with Crippen LogP contribution in [0.1, 0.15) is 50.3 Å². The molecule has 4 heterocycles. The highest BCUT2D eigenvalue weighted by atomic mass is 32.1. The Morgan fingerprint density at radius 1 is 0.579 bits per heavy atom. The molecule has 0 fully saturated rings. The number of fused-ring (bicyclic) bond motifs is 10. The summed E-state index contributed by atoms with van der Waals surface area (Å²) < 4.78 is 9.55. The summed E-state index contributed by atoms with van der Waals surface area (Å²) in [6.45, 7) is 7.05. The second-order valence-corrected chi connectivity index (χ2v) is 18.2. The Balaban J connectivity index is 1.22. The molecule has 274 valence electrons. The Bertz CT molecular complexity index is 3100.